The fraction of sp³-hybridized carbons (Fsp3) is 0.364. The van der Waals surface area contributed by atoms with Gasteiger partial charge in [-0.3, -0.25) is 4.98 Å². The van der Waals surface area contributed by atoms with Crippen LogP contribution in [0, 0.1) is 5.92 Å². The molecule has 74 valence electrons. The van der Waals surface area contributed by atoms with E-state index in [1.807, 2.05) is 6.20 Å². The molecule has 0 aliphatic rings. The highest BCUT2D eigenvalue weighted by Gasteiger charge is 2.03. The molecule has 0 N–H and O–H groups in total. The van der Waals surface area contributed by atoms with Gasteiger partial charge in [-0.15, -0.1) is 0 Å². The lowest BCUT2D eigenvalue weighted by atomic mass is 10.2. The molecule has 2 rings (SSSR count). The Morgan fingerprint density at radius 1 is 1.50 bits per heavy atom. The molecule has 14 heavy (non-hydrogen) atoms. The summed E-state index contributed by atoms with van der Waals surface area (Å²) in [6, 6.07) is 4.18. The van der Waals surface area contributed by atoms with Crippen LogP contribution in [-0.4, -0.2) is 9.55 Å². The zero-order valence-electron chi connectivity index (χ0n) is 8.37. The Bertz CT molecular complexity index is 445. The zero-order chi connectivity index (χ0) is 10.1. The summed E-state index contributed by atoms with van der Waals surface area (Å²) in [5, 5.41) is 0. The highest BCUT2D eigenvalue weighted by molar-refractivity contribution is 9.10. The molecule has 2 nitrogen and oxygen atoms in total. The number of aromatic nitrogens is 2. The van der Waals surface area contributed by atoms with Crippen LogP contribution in [0.4, 0.5) is 0 Å². The van der Waals surface area contributed by atoms with E-state index in [1.165, 1.54) is 5.52 Å². The van der Waals surface area contributed by atoms with Crippen molar-refractivity contribution in [2.24, 2.45) is 5.92 Å². The first-order valence-corrected chi connectivity index (χ1v) is 5.56. The molecule has 0 bridgehead atoms. The number of halogens is 1. The SMILES string of the molecule is CC(C)Cn1ccc2ncc(Br)cc21. The summed E-state index contributed by atoms with van der Waals surface area (Å²) < 4.78 is 3.28. The van der Waals surface area contributed by atoms with Gasteiger partial charge >= 0.3 is 0 Å². The molecule has 0 aliphatic carbocycles. The predicted molar refractivity (Wildman–Crippen MR) is 62.3 cm³/mol. The van der Waals surface area contributed by atoms with E-state index in [1.54, 1.807) is 0 Å². The number of rotatable bonds is 2. The monoisotopic (exact) mass is 252 g/mol. The van der Waals surface area contributed by atoms with Gasteiger partial charge in [0.2, 0.25) is 0 Å². The van der Waals surface area contributed by atoms with Gasteiger partial charge in [0.05, 0.1) is 11.0 Å². The van der Waals surface area contributed by atoms with Gasteiger partial charge in [-0.1, -0.05) is 13.8 Å². The van der Waals surface area contributed by atoms with Crippen LogP contribution in [0.15, 0.2) is 29.0 Å². The maximum atomic E-state index is 4.34. The normalized spacial score (nSPS) is 11.4. The number of hydrogen-bond donors (Lipinski definition) is 0. The second-order valence-corrected chi connectivity index (χ2v) is 4.84. The summed E-state index contributed by atoms with van der Waals surface area (Å²) >= 11 is 3.44. The first kappa shape index (κ1) is 9.71. The van der Waals surface area contributed by atoms with E-state index in [4.69, 9.17) is 0 Å². The van der Waals surface area contributed by atoms with Crippen molar-refractivity contribution in [3.05, 3.63) is 29.0 Å². The summed E-state index contributed by atoms with van der Waals surface area (Å²) in [7, 11) is 0. The minimum absolute atomic E-state index is 0.657. The summed E-state index contributed by atoms with van der Waals surface area (Å²) in [5.74, 6) is 0.657. The van der Waals surface area contributed by atoms with Gasteiger partial charge in [-0.25, -0.2) is 0 Å². The van der Waals surface area contributed by atoms with Gasteiger partial charge in [-0.05, 0) is 34.0 Å². The molecule has 0 aromatic carbocycles. The lowest BCUT2D eigenvalue weighted by Gasteiger charge is -2.07. The smallest absolute Gasteiger partial charge is 0.0881 e. The average molecular weight is 253 g/mol. The Morgan fingerprint density at radius 2 is 2.29 bits per heavy atom. The van der Waals surface area contributed by atoms with Crippen LogP contribution in [0.5, 0.6) is 0 Å². The first-order valence-electron chi connectivity index (χ1n) is 4.77. The molecule has 2 aromatic rings. The second kappa shape index (κ2) is 3.73. The van der Waals surface area contributed by atoms with Crippen molar-refractivity contribution in [1.29, 1.82) is 0 Å². The van der Waals surface area contributed by atoms with Gasteiger partial charge in [0.15, 0.2) is 0 Å². The van der Waals surface area contributed by atoms with Gasteiger partial charge in [-0.2, -0.15) is 0 Å². The quantitative estimate of drug-likeness (QED) is 0.801. The third-order valence-electron chi connectivity index (χ3n) is 2.15. The Labute approximate surface area is 92.1 Å². The van der Waals surface area contributed by atoms with E-state index in [9.17, 15) is 0 Å². The molecule has 0 spiro atoms. The fourth-order valence-corrected chi connectivity index (χ4v) is 1.91. The molecular formula is C11H13BrN2. The summed E-state index contributed by atoms with van der Waals surface area (Å²) in [4.78, 5) is 4.34. The van der Waals surface area contributed by atoms with E-state index in [0.717, 1.165) is 16.5 Å². The van der Waals surface area contributed by atoms with Gasteiger partial charge in [0.25, 0.3) is 0 Å². The minimum Gasteiger partial charge on any atom is -0.346 e. The Kier molecular flexibility index (Phi) is 2.59. The van der Waals surface area contributed by atoms with E-state index in [-0.39, 0.29) is 0 Å². The highest BCUT2D eigenvalue weighted by Crippen LogP contribution is 2.19. The van der Waals surface area contributed by atoms with Crippen LogP contribution in [0.3, 0.4) is 0 Å². The lowest BCUT2D eigenvalue weighted by Crippen LogP contribution is -2.02. The largest absolute Gasteiger partial charge is 0.346 e. The molecule has 2 heterocycles. The van der Waals surface area contributed by atoms with Crippen molar-refractivity contribution < 1.29 is 0 Å². The standard InChI is InChI=1S/C11H13BrN2/c1-8(2)7-14-4-3-10-11(14)5-9(12)6-13-10/h3-6,8H,7H2,1-2H3. The second-order valence-electron chi connectivity index (χ2n) is 3.92. The molecule has 0 amide bonds. The molecule has 0 fully saturated rings. The topological polar surface area (TPSA) is 17.8 Å². The van der Waals surface area contributed by atoms with Crippen molar-refractivity contribution in [1.82, 2.24) is 9.55 Å². The van der Waals surface area contributed by atoms with E-state index >= 15 is 0 Å². The summed E-state index contributed by atoms with van der Waals surface area (Å²) in [5.41, 5.74) is 2.27. The molecule has 0 radical (unpaired) electrons. The Hall–Kier alpha value is -0.830. The summed E-state index contributed by atoms with van der Waals surface area (Å²) in [6.45, 7) is 5.48. The molecule has 0 unspecified atom stereocenters. The molecule has 0 aliphatic heterocycles. The van der Waals surface area contributed by atoms with Crippen LogP contribution in [0.2, 0.25) is 0 Å². The van der Waals surface area contributed by atoms with Crippen molar-refractivity contribution in [3.8, 4) is 0 Å². The van der Waals surface area contributed by atoms with Crippen LogP contribution in [0.25, 0.3) is 11.0 Å². The minimum atomic E-state index is 0.657. The Morgan fingerprint density at radius 3 is 3.00 bits per heavy atom. The van der Waals surface area contributed by atoms with Crippen molar-refractivity contribution in [2.45, 2.75) is 20.4 Å². The number of nitrogens with zero attached hydrogens (tertiary/aromatic N) is 2. The Balaban J connectivity index is 2.50. The average Bonchev–Trinajstić information content (AvgIpc) is 2.47. The molecule has 0 atom stereocenters. The first-order chi connectivity index (χ1) is 6.66. The van der Waals surface area contributed by atoms with Gasteiger partial charge in [0.1, 0.15) is 0 Å². The van der Waals surface area contributed by atoms with E-state index in [0.29, 0.717) is 5.92 Å². The summed E-state index contributed by atoms with van der Waals surface area (Å²) in [6.07, 6.45) is 3.94. The molecular weight excluding hydrogens is 240 g/mol. The van der Waals surface area contributed by atoms with E-state index < -0.39 is 0 Å². The predicted octanol–water partition coefficient (Wildman–Crippen LogP) is 3.45. The molecule has 3 heteroatoms. The van der Waals surface area contributed by atoms with Crippen LogP contribution in [-0.2, 0) is 6.54 Å². The maximum Gasteiger partial charge on any atom is 0.0881 e. The van der Waals surface area contributed by atoms with Crippen molar-refractivity contribution in [3.63, 3.8) is 0 Å². The van der Waals surface area contributed by atoms with Crippen molar-refractivity contribution >= 4 is 27.0 Å². The van der Waals surface area contributed by atoms with Crippen molar-refractivity contribution in [2.75, 3.05) is 0 Å². The van der Waals surface area contributed by atoms with E-state index in [2.05, 4.69) is 57.7 Å². The maximum absolute atomic E-state index is 4.34. The zero-order valence-corrected chi connectivity index (χ0v) is 9.95. The third kappa shape index (κ3) is 1.82. The van der Waals surface area contributed by atoms with Crippen LogP contribution >= 0.6 is 15.9 Å². The van der Waals surface area contributed by atoms with Gasteiger partial charge < -0.3 is 4.57 Å². The molecule has 2 aromatic heterocycles. The molecule has 0 saturated carbocycles. The number of hydrogen-bond acceptors (Lipinski definition) is 1. The molecule has 0 saturated heterocycles. The van der Waals surface area contributed by atoms with Crippen LogP contribution < -0.4 is 0 Å². The third-order valence-corrected chi connectivity index (χ3v) is 2.58. The number of fused-ring (bicyclic) bond motifs is 1. The number of pyridine rings is 1. The van der Waals surface area contributed by atoms with Gasteiger partial charge in [0, 0.05) is 23.4 Å². The lowest BCUT2D eigenvalue weighted by molar-refractivity contribution is 0.535. The van der Waals surface area contributed by atoms with Crippen LogP contribution in [0.1, 0.15) is 13.8 Å². The fourth-order valence-electron chi connectivity index (χ4n) is 1.59. The highest BCUT2D eigenvalue weighted by atomic mass is 79.9.